The first-order valence-corrected chi connectivity index (χ1v) is 9.17. The average molecular weight is 316 g/mol. The molecule has 0 amide bonds. The number of benzene rings is 2. The van der Waals surface area contributed by atoms with E-state index in [9.17, 15) is 4.57 Å². The van der Waals surface area contributed by atoms with Crippen LogP contribution >= 0.6 is 7.14 Å². The van der Waals surface area contributed by atoms with Crippen molar-refractivity contribution >= 4 is 17.8 Å². The Labute approximate surface area is 132 Å². The largest absolute Gasteiger partial charge is 0.466 e. The Hall–Kier alpha value is -1.99. The van der Waals surface area contributed by atoms with Crippen LogP contribution in [0.15, 0.2) is 72.4 Å². The zero-order valence-corrected chi connectivity index (χ0v) is 13.8. The molecule has 0 unspecified atom stereocenters. The molecule has 22 heavy (non-hydrogen) atoms. The van der Waals surface area contributed by atoms with Crippen molar-refractivity contribution < 1.29 is 14.0 Å². The Morgan fingerprint density at radius 1 is 0.864 bits per heavy atom. The van der Waals surface area contributed by atoms with Crippen molar-refractivity contribution in [2.45, 2.75) is 13.8 Å². The fraction of sp³-hybridized carbons (Fsp3) is 0.222. The van der Waals surface area contributed by atoms with Gasteiger partial charge in [0.2, 0.25) is 0 Å². The van der Waals surface area contributed by atoms with Crippen LogP contribution in [0.3, 0.4) is 0 Å². The van der Waals surface area contributed by atoms with Gasteiger partial charge in [-0.3, -0.25) is 0 Å². The minimum absolute atomic E-state index is 0.320. The molecule has 0 atom stereocenters. The van der Waals surface area contributed by atoms with Gasteiger partial charge in [0.25, 0.3) is 5.95 Å². The molecule has 2 aromatic carbocycles. The highest BCUT2D eigenvalue weighted by Gasteiger charge is 2.26. The van der Waals surface area contributed by atoms with Crippen LogP contribution in [0, 0.1) is 0 Å². The highest BCUT2D eigenvalue weighted by molar-refractivity contribution is 7.81. The van der Waals surface area contributed by atoms with Crippen molar-refractivity contribution in [2.24, 2.45) is 0 Å². The quantitative estimate of drug-likeness (QED) is 0.574. The predicted molar refractivity (Wildman–Crippen MR) is 91.1 cm³/mol. The lowest BCUT2D eigenvalue weighted by molar-refractivity contribution is 0.0476. The average Bonchev–Trinajstić information content (AvgIpc) is 2.57. The van der Waals surface area contributed by atoms with E-state index in [1.807, 2.05) is 74.5 Å². The van der Waals surface area contributed by atoms with Crippen LogP contribution in [-0.4, -0.2) is 13.2 Å². The molecule has 0 aliphatic heterocycles. The van der Waals surface area contributed by atoms with Crippen LogP contribution in [0.25, 0.3) is 0 Å². The molecule has 0 N–H and O–H groups in total. The van der Waals surface area contributed by atoms with Crippen LogP contribution in [0.4, 0.5) is 0 Å². The summed E-state index contributed by atoms with van der Waals surface area (Å²) in [5.74, 6) is 1.95. The first kappa shape index (κ1) is 16.4. The predicted octanol–water partition coefficient (Wildman–Crippen LogP) is 3.87. The fourth-order valence-corrected chi connectivity index (χ4v) is 4.42. The maximum absolute atomic E-state index is 13.7. The van der Waals surface area contributed by atoms with Crippen LogP contribution in [0.5, 0.6) is 0 Å². The summed E-state index contributed by atoms with van der Waals surface area (Å²) in [7, 11) is -2.95. The van der Waals surface area contributed by atoms with Crippen molar-refractivity contribution in [1.82, 2.24) is 0 Å². The van der Waals surface area contributed by atoms with Crippen LogP contribution in [0.2, 0.25) is 0 Å². The summed E-state index contributed by atoms with van der Waals surface area (Å²) >= 11 is 0. The molecule has 0 saturated carbocycles. The molecule has 0 fully saturated rings. The van der Waals surface area contributed by atoms with Gasteiger partial charge in [-0.15, -0.1) is 0 Å². The Morgan fingerprint density at radius 3 is 1.64 bits per heavy atom. The number of rotatable bonds is 7. The molecule has 0 saturated heterocycles. The van der Waals surface area contributed by atoms with E-state index in [4.69, 9.17) is 9.47 Å². The van der Waals surface area contributed by atoms with Gasteiger partial charge in [0.05, 0.1) is 19.0 Å². The van der Waals surface area contributed by atoms with Gasteiger partial charge >= 0.3 is 0 Å². The summed E-state index contributed by atoms with van der Waals surface area (Å²) in [5, 5.41) is 1.52. The van der Waals surface area contributed by atoms with Crippen LogP contribution in [0.1, 0.15) is 13.8 Å². The van der Waals surface area contributed by atoms with Crippen LogP contribution in [-0.2, 0) is 14.0 Å². The lowest BCUT2D eigenvalue weighted by atomic mass is 10.4. The molecule has 116 valence electrons. The Balaban J connectivity index is 2.56. The Morgan fingerprint density at radius 2 is 1.27 bits per heavy atom. The van der Waals surface area contributed by atoms with Gasteiger partial charge in [-0.2, -0.15) is 0 Å². The van der Waals surface area contributed by atoms with Gasteiger partial charge in [0.15, 0.2) is 7.14 Å². The highest BCUT2D eigenvalue weighted by Crippen LogP contribution is 2.46. The lowest BCUT2D eigenvalue weighted by Crippen LogP contribution is -2.15. The van der Waals surface area contributed by atoms with E-state index in [1.165, 1.54) is 0 Å². The fourth-order valence-electron chi connectivity index (χ4n) is 2.15. The molecule has 0 aliphatic carbocycles. The minimum Gasteiger partial charge on any atom is -0.466 e. The molecule has 2 aromatic rings. The van der Waals surface area contributed by atoms with E-state index < -0.39 is 7.14 Å². The monoisotopic (exact) mass is 316 g/mol. The molecular formula is C18H21O3P. The molecule has 3 nitrogen and oxygen atoms in total. The molecule has 0 aliphatic rings. The zero-order chi connectivity index (χ0) is 15.8. The summed E-state index contributed by atoms with van der Waals surface area (Å²) in [6.07, 6.45) is 0. The van der Waals surface area contributed by atoms with Gasteiger partial charge < -0.3 is 14.0 Å². The third kappa shape index (κ3) is 3.80. The SMILES string of the molecule is CCOC(=CP(=O)(c1ccccc1)c1ccccc1)OCC. The Kier molecular flexibility index (Phi) is 5.85. The van der Waals surface area contributed by atoms with E-state index in [0.717, 1.165) is 10.6 Å². The van der Waals surface area contributed by atoms with E-state index in [1.54, 1.807) is 5.82 Å². The third-order valence-corrected chi connectivity index (χ3v) is 5.84. The van der Waals surface area contributed by atoms with Crippen molar-refractivity contribution in [3.8, 4) is 0 Å². The minimum atomic E-state index is -2.95. The molecule has 0 spiro atoms. The van der Waals surface area contributed by atoms with E-state index >= 15 is 0 Å². The Bertz CT molecular complexity index is 599. The van der Waals surface area contributed by atoms with Crippen molar-refractivity contribution in [3.05, 3.63) is 72.4 Å². The lowest BCUT2D eigenvalue weighted by Gasteiger charge is -2.17. The van der Waals surface area contributed by atoms with Gasteiger partial charge in [-0.05, 0) is 13.8 Å². The van der Waals surface area contributed by atoms with Crippen LogP contribution < -0.4 is 10.6 Å². The molecule has 0 heterocycles. The van der Waals surface area contributed by atoms with Crippen molar-refractivity contribution in [3.63, 3.8) is 0 Å². The second-order valence-corrected chi connectivity index (χ2v) is 7.25. The first-order valence-electron chi connectivity index (χ1n) is 7.40. The first-order chi connectivity index (χ1) is 10.7. The molecule has 2 rings (SSSR count). The van der Waals surface area contributed by atoms with Gasteiger partial charge in [0.1, 0.15) is 0 Å². The standard InChI is InChI=1S/C18H21O3P/c1-3-20-18(21-4-2)15-22(19,16-11-7-5-8-12-16)17-13-9-6-10-14-17/h5-15H,3-4H2,1-2H3. The van der Waals surface area contributed by atoms with E-state index in [0.29, 0.717) is 19.2 Å². The topological polar surface area (TPSA) is 35.5 Å². The second-order valence-electron chi connectivity index (χ2n) is 4.64. The number of hydrogen-bond acceptors (Lipinski definition) is 3. The number of hydrogen-bond donors (Lipinski definition) is 0. The smallest absolute Gasteiger partial charge is 0.283 e. The summed E-state index contributed by atoms with van der Waals surface area (Å²) in [6, 6.07) is 18.9. The zero-order valence-electron chi connectivity index (χ0n) is 12.9. The third-order valence-electron chi connectivity index (χ3n) is 3.14. The molecule has 0 bridgehead atoms. The molecule has 0 radical (unpaired) electrons. The highest BCUT2D eigenvalue weighted by atomic mass is 31.2. The van der Waals surface area contributed by atoms with E-state index in [2.05, 4.69) is 0 Å². The van der Waals surface area contributed by atoms with Gasteiger partial charge in [0, 0.05) is 10.6 Å². The second kappa shape index (κ2) is 7.86. The normalized spacial score (nSPS) is 10.8. The number of ether oxygens (including phenoxy) is 2. The summed E-state index contributed by atoms with van der Waals surface area (Å²) in [4.78, 5) is 0. The maximum Gasteiger partial charge on any atom is 0.283 e. The van der Waals surface area contributed by atoms with Crippen molar-refractivity contribution in [1.29, 1.82) is 0 Å². The molecule has 4 heteroatoms. The summed E-state index contributed by atoms with van der Waals surface area (Å²) in [6.45, 7) is 4.69. The van der Waals surface area contributed by atoms with Crippen molar-refractivity contribution in [2.75, 3.05) is 13.2 Å². The molecule has 0 aromatic heterocycles. The van der Waals surface area contributed by atoms with E-state index in [-0.39, 0.29) is 0 Å². The summed E-state index contributed by atoms with van der Waals surface area (Å²) in [5.41, 5.74) is 0. The molecular weight excluding hydrogens is 295 g/mol. The van der Waals surface area contributed by atoms with Gasteiger partial charge in [-0.25, -0.2) is 0 Å². The maximum atomic E-state index is 13.7. The summed E-state index contributed by atoms with van der Waals surface area (Å²) < 4.78 is 24.7. The van der Waals surface area contributed by atoms with Gasteiger partial charge in [-0.1, -0.05) is 60.7 Å².